The van der Waals surface area contributed by atoms with Gasteiger partial charge in [0.05, 0.1) is 0 Å². The molecule has 0 saturated heterocycles. The van der Waals surface area contributed by atoms with Crippen molar-refractivity contribution in [2.75, 3.05) is 0 Å². The van der Waals surface area contributed by atoms with E-state index in [1.807, 2.05) is 12.1 Å². The lowest BCUT2D eigenvalue weighted by Crippen LogP contribution is -3.59. The quantitative estimate of drug-likeness (QED) is 0.386. The van der Waals surface area contributed by atoms with E-state index in [-0.39, 0.29) is 21.2 Å². The van der Waals surface area contributed by atoms with Crippen molar-refractivity contribution in [1.82, 2.24) is 0 Å². The normalized spacial score (nSPS) is 10.2. The van der Waals surface area contributed by atoms with Gasteiger partial charge in [-0.15, -0.1) is 0 Å². The largest absolute Gasteiger partial charge is 0.238 e. The molecule has 0 aliphatic carbocycles. The standard InChI is InChI=1S/C10H9I/c1-2-3-9-11-10-7-5-4-6-8-10/h2-8H,1H2. The molecular weight excluding hydrogens is 247 g/mol. The third-order valence-electron chi connectivity index (χ3n) is 1.08. The average molecular weight is 256 g/mol. The monoisotopic (exact) mass is 256 g/mol. The first-order valence-corrected chi connectivity index (χ1v) is 5.48. The summed E-state index contributed by atoms with van der Waals surface area (Å²) in [5, 5.41) is 0. The van der Waals surface area contributed by atoms with Gasteiger partial charge in [0.2, 0.25) is 21.2 Å². The molecule has 0 aliphatic heterocycles. The minimum atomic E-state index is -0.0564. The third-order valence-corrected chi connectivity index (χ3v) is 3.09. The topological polar surface area (TPSA) is 0 Å². The smallest absolute Gasteiger partial charge is 0.214 e. The SMILES string of the molecule is C=CC=[C-][I+]c1ccccc1. The molecule has 0 unspecified atom stereocenters. The summed E-state index contributed by atoms with van der Waals surface area (Å²) in [6.07, 6.45) is 3.66. The molecule has 1 aromatic carbocycles. The van der Waals surface area contributed by atoms with Crippen LogP contribution in [0.3, 0.4) is 0 Å². The van der Waals surface area contributed by atoms with E-state index in [4.69, 9.17) is 0 Å². The average Bonchev–Trinajstić information content (AvgIpc) is 2.07. The zero-order valence-electron chi connectivity index (χ0n) is 6.13. The predicted molar refractivity (Wildman–Crippen MR) is 43.1 cm³/mol. The Kier molecular flexibility index (Phi) is 3.98. The van der Waals surface area contributed by atoms with Crippen LogP contribution in [0.25, 0.3) is 0 Å². The highest BCUT2D eigenvalue weighted by Crippen LogP contribution is 1.81. The molecule has 0 spiro atoms. The molecule has 1 rings (SSSR count). The van der Waals surface area contributed by atoms with Crippen LogP contribution in [0.2, 0.25) is 0 Å². The van der Waals surface area contributed by atoms with Crippen LogP contribution in [0.4, 0.5) is 0 Å². The van der Waals surface area contributed by atoms with E-state index >= 15 is 0 Å². The second-order valence-electron chi connectivity index (χ2n) is 1.90. The summed E-state index contributed by atoms with van der Waals surface area (Å²) in [4.78, 5) is 0. The van der Waals surface area contributed by atoms with Gasteiger partial charge in [0, 0.05) is 4.08 Å². The highest BCUT2D eigenvalue weighted by atomic mass is 127. The molecule has 0 aliphatic rings. The van der Waals surface area contributed by atoms with Gasteiger partial charge in [-0.25, -0.2) is 6.08 Å². The van der Waals surface area contributed by atoms with Crippen LogP contribution in [-0.4, -0.2) is 0 Å². The van der Waals surface area contributed by atoms with E-state index in [0.29, 0.717) is 0 Å². The van der Waals surface area contributed by atoms with Crippen LogP contribution in [-0.2, 0) is 0 Å². The van der Waals surface area contributed by atoms with E-state index < -0.39 is 0 Å². The maximum absolute atomic E-state index is 3.59. The lowest BCUT2D eigenvalue weighted by Gasteiger charge is -1.81. The molecule has 56 valence electrons. The van der Waals surface area contributed by atoms with Crippen molar-refractivity contribution in [3.8, 4) is 0 Å². The Hall–Kier alpha value is -0.570. The van der Waals surface area contributed by atoms with Crippen LogP contribution in [0.15, 0.2) is 49.1 Å². The molecule has 0 fully saturated rings. The van der Waals surface area contributed by atoms with E-state index in [2.05, 4.69) is 34.9 Å². The van der Waals surface area contributed by atoms with E-state index in [1.165, 1.54) is 3.57 Å². The summed E-state index contributed by atoms with van der Waals surface area (Å²) >= 11 is -0.0564. The van der Waals surface area contributed by atoms with Gasteiger partial charge in [0.25, 0.3) is 0 Å². The Labute approximate surface area is 77.9 Å². The van der Waals surface area contributed by atoms with Gasteiger partial charge in [-0.3, -0.25) is 0 Å². The highest BCUT2D eigenvalue weighted by Gasteiger charge is 1.97. The maximum atomic E-state index is 3.59. The van der Waals surface area contributed by atoms with Crippen molar-refractivity contribution in [2.24, 2.45) is 0 Å². The molecular formula is C10H9I. The van der Waals surface area contributed by atoms with Gasteiger partial charge in [0.15, 0.2) is 3.57 Å². The summed E-state index contributed by atoms with van der Waals surface area (Å²) in [6, 6.07) is 10.4. The van der Waals surface area contributed by atoms with Crippen LogP contribution < -0.4 is 21.2 Å². The summed E-state index contributed by atoms with van der Waals surface area (Å²) in [5.41, 5.74) is 0. The van der Waals surface area contributed by atoms with Crippen LogP contribution >= 0.6 is 0 Å². The minimum Gasteiger partial charge on any atom is -0.214 e. The highest BCUT2D eigenvalue weighted by molar-refractivity contribution is 4.99. The number of hydrogen-bond acceptors (Lipinski definition) is 0. The van der Waals surface area contributed by atoms with Gasteiger partial charge >= 0.3 is 0 Å². The number of halogens is 1. The second kappa shape index (κ2) is 5.13. The molecule has 0 saturated carbocycles. The van der Waals surface area contributed by atoms with Crippen LogP contribution in [0.1, 0.15) is 0 Å². The maximum Gasteiger partial charge on any atom is 0.238 e. The number of allylic oxidation sites excluding steroid dienone is 2. The minimum absolute atomic E-state index is 0.0564. The Morgan fingerprint density at radius 2 is 2.00 bits per heavy atom. The van der Waals surface area contributed by atoms with Gasteiger partial charge in [-0.2, -0.15) is 12.7 Å². The molecule has 0 bridgehead atoms. The molecule has 0 heterocycles. The number of benzene rings is 1. The molecule has 0 radical (unpaired) electrons. The number of hydrogen-bond donors (Lipinski definition) is 0. The number of rotatable bonds is 3. The Morgan fingerprint density at radius 1 is 1.27 bits per heavy atom. The van der Waals surface area contributed by atoms with Crippen molar-refractivity contribution in [3.63, 3.8) is 0 Å². The van der Waals surface area contributed by atoms with Crippen molar-refractivity contribution in [1.29, 1.82) is 0 Å². The van der Waals surface area contributed by atoms with Crippen molar-refractivity contribution >= 4 is 0 Å². The summed E-state index contributed by atoms with van der Waals surface area (Å²) in [6.45, 7) is 3.59. The molecule has 1 aromatic rings. The molecule has 0 atom stereocenters. The first kappa shape index (κ1) is 8.53. The second-order valence-corrected chi connectivity index (χ2v) is 4.31. The molecule has 0 aromatic heterocycles. The van der Waals surface area contributed by atoms with Gasteiger partial charge in [-0.05, 0) is 12.1 Å². The third kappa shape index (κ3) is 3.37. The zero-order valence-corrected chi connectivity index (χ0v) is 8.28. The molecule has 0 amide bonds. The summed E-state index contributed by atoms with van der Waals surface area (Å²) in [7, 11) is 0. The van der Waals surface area contributed by atoms with E-state index in [0.717, 1.165) is 0 Å². The first-order valence-electron chi connectivity index (χ1n) is 3.32. The van der Waals surface area contributed by atoms with Crippen molar-refractivity contribution in [2.45, 2.75) is 0 Å². The lowest BCUT2D eigenvalue weighted by molar-refractivity contribution is -0.572. The van der Waals surface area contributed by atoms with Crippen molar-refractivity contribution in [3.05, 3.63) is 56.7 Å². The Bertz CT molecular complexity index is 236. The predicted octanol–water partition coefficient (Wildman–Crippen LogP) is -0.552. The van der Waals surface area contributed by atoms with Crippen molar-refractivity contribution < 1.29 is 21.2 Å². The fourth-order valence-electron chi connectivity index (χ4n) is 0.617. The van der Waals surface area contributed by atoms with Crippen LogP contribution in [0.5, 0.6) is 0 Å². The van der Waals surface area contributed by atoms with Gasteiger partial charge in [0.1, 0.15) is 0 Å². The fourth-order valence-corrected chi connectivity index (χ4v) is 2.19. The summed E-state index contributed by atoms with van der Waals surface area (Å²) in [5.74, 6) is 0. The van der Waals surface area contributed by atoms with E-state index in [9.17, 15) is 0 Å². The Morgan fingerprint density at radius 3 is 2.64 bits per heavy atom. The molecule has 11 heavy (non-hydrogen) atoms. The molecule has 0 nitrogen and oxygen atoms in total. The first-order chi connectivity index (χ1) is 5.43. The van der Waals surface area contributed by atoms with Gasteiger partial charge in [-0.1, -0.05) is 18.2 Å². The lowest BCUT2D eigenvalue weighted by atomic mass is 10.4. The van der Waals surface area contributed by atoms with Crippen LogP contribution in [0, 0.1) is 7.65 Å². The molecule has 0 N–H and O–H groups in total. The Balaban J connectivity index is 2.51. The van der Waals surface area contributed by atoms with Gasteiger partial charge < -0.3 is 0 Å². The van der Waals surface area contributed by atoms with E-state index in [1.54, 1.807) is 6.08 Å². The zero-order chi connectivity index (χ0) is 7.94. The summed E-state index contributed by atoms with van der Waals surface area (Å²) < 4.78 is 4.61. The molecule has 1 heteroatoms. The fraction of sp³-hybridized carbons (Fsp3) is 0.